The van der Waals surface area contributed by atoms with Crippen molar-refractivity contribution in [2.75, 3.05) is 20.1 Å². The Bertz CT molecular complexity index is 319. The lowest BCUT2D eigenvalue weighted by atomic mass is 10.1. The predicted octanol–water partition coefficient (Wildman–Crippen LogP) is 2.95. The third kappa shape index (κ3) is 4.84. The molecule has 1 N–H and O–H groups in total. The van der Waals surface area contributed by atoms with Gasteiger partial charge >= 0.3 is 0 Å². The van der Waals surface area contributed by atoms with Crippen LogP contribution < -0.4 is 5.32 Å². The van der Waals surface area contributed by atoms with E-state index in [-0.39, 0.29) is 12.4 Å². The number of hydrogen-bond acceptors (Lipinski definition) is 2. The second-order valence-corrected chi connectivity index (χ2v) is 5.02. The maximum absolute atomic E-state index is 5.85. The van der Waals surface area contributed by atoms with Gasteiger partial charge in [-0.25, -0.2) is 0 Å². The fourth-order valence-corrected chi connectivity index (χ4v) is 2.20. The molecular weight excluding hydrogens is 255 g/mol. The molecule has 0 unspecified atom stereocenters. The number of piperidine rings is 1. The van der Waals surface area contributed by atoms with Gasteiger partial charge in [-0.1, -0.05) is 23.7 Å². The smallest absolute Gasteiger partial charge is 0.0406 e. The normalized spacial score (nSPS) is 17.8. The van der Waals surface area contributed by atoms with Crippen LogP contribution in [-0.4, -0.2) is 31.1 Å². The molecule has 0 amide bonds. The van der Waals surface area contributed by atoms with Crippen LogP contribution in [-0.2, 0) is 6.54 Å². The minimum Gasteiger partial charge on any atom is -0.310 e. The van der Waals surface area contributed by atoms with Gasteiger partial charge in [-0.3, -0.25) is 0 Å². The molecule has 2 rings (SSSR count). The number of nitrogens with zero attached hydrogens (tertiary/aromatic N) is 1. The van der Waals surface area contributed by atoms with Gasteiger partial charge in [0.15, 0.2) is 0 Å². The Labute approximate surface area is 115 Å². The van der Waals surface area contributed by atoms with Gasteiger partial charge in [0.05, 0.1) is 0 Å². The number of benzene rings is 1. The highest BCUT2D eigenvalue weighted by Crippen LogP contribution is 2.11. The Morgan fingerprint density at radius 1 is 1.24 bits per heavy atom. The van der Waals surface area contributed by atoms with Gasteiger partial charge in [-0.15, -0.1) is 12.4 Å². The van der Waals surface area contributed by atoms with E-state index in [1.807, 2.05) is 12.1 Å². The summed E-state index contributed by atoms with van der Waals surface area (Å²) in [6.45, 7) is 3.36. The van der Waals surface area contributed by atoms with E-state index in [4.69, 9.17) is 11.6 Å². The van der Waals surface area contributed by atoms with Crippen molar-refractivity contribution in [1.29, 1.82) is 0 Å². The number of likely N-dealkylation sites (tertiary alicyclic amines) is 1. The Morgan fingerprint density at radius 3 is 2.41 bits per heavy atom. The van der Waals surface area contributed by atoms with E-state index in [0.29, 0.717) is 6.04 Å². The average Bonchev–Trinajstić information content (AvgIpc) is 2.30. The Kier molecular flexibility index (Phi) is 6.28. The zero-order valence-electron chi connectivity index (χ0n) is 10.2. The zero-order valence-corrected chi connectivity index (χ0v) is 11.7. The van der Waals surface area contributed by atoms with E-state index in [2.05, 4.69) is 29.4 Å². The van der Waals surface area contributed by atoms with Crippen molar-refractivity contribution >= 4 is 24.0 Å². The quantitative estimate of drug-likeness (QED) is 0.912. The largest absolute Gasteiger partial charge is 0.310 e. The predicted molar refractivity (Wildman–Crippen MR) is 76.1 cm³/mol. The molecule has 0 aromatic heterocycles. The zero-order chi connectivity index (χ0) is 11.4. The fraction of sp³-hybridized carbons (Fsp3) is 0.538. The molecule has 0 atom stereocenters. The molecule has 1 fully saturated rings. The maximum Gasteiger partial charge on any atom is 0.0406 e. The van der Waals surface area contributed by atoms with E-state index >= 15 is 0 Å². The Balaban J connectivity index is 0.00000144. The molecule has 17 heavy (non-hydrogen) atoms. The van der Waals surface area contributed by atoms with Crippen LogP contribution in [0.2, 0.25) is 5.02 Å². The van der Waals surface area contributed by atoms with Crippen molar-refractivity contribution in [3.63, 3.8) is 0 Å². The van der Waals surface area contributed by atoms with Gasteiger partial charge in [-0.05, 0) is 50.7 Å². The number of nitrogens with one attached hydrogen (secondary N) is 1. The molecule has 0 spiro atoms. The third-order valence-electron chi connectivity index (χ3n) is 3.23. The van der Waals surface area contributed by atoms with Crippen LogP contribution in [0.25, 0.3) is 0 Å². The molecular formula is C13H20Cl2N2. The molecule has 96 valence electrons. The first-order chi connectivity index (χ1) is 7.74. The lowest BCUT2D eigenvalue weighted by Gasteiger charge is -2.29. The average molecular weight is 275 g/mol. The van der Waals surface area contributed by atoms with Gasteiger partial charge < -0.3 is 10.2 Å². The molecule has 0 radical (unpaired) electrons. The van der Waals surface area contributed by atoms with Crippen LogP contribution in [0.5, 0.6) is 0 Å². The molecule has 1 aliphatic heterocycles. The summed E-state index contributed by atoms with van der Waals surface area (Å²) in [5.41, 5.74) is 1.31. The van der Waals surface area contributed by atoms with E-state index in [1.165, 1.54) is 31.5 Å². The van der Waals surface area contributed by atoms with Crippen LogP contribution in [0.4, 0.5) is 0 Å². The lowest BCUT2D eigenvalue weighted by molar-refractivity contribution is 0.234. The van der Waals surface area contributed by atoms with Crippen LogP contribution >= 0.6 is 24.0 Å². The van der Waals surface area contributed by atoms with Gasteiger partial charge in [0, 0.05) is 17.6 Å². The summed E-state index contributed by atoms with van der Waals surface area (Å²) in [6.07, 6.45) is 2.51. The number of rotatable bonds is 3. The van der Waals surface area contributed by atoms with Gasteiger partial charge in [0.2, 0.25) is 0 Å². The van der Waals surface area contributed by atoms with E-state index in [1.54, 1.807) is 0 Å². The molecule has 1 heterocycles. The first-order valence-electron chi connectivity index (χ1n) is 5.90. The minimum atomic E-state index is 0. The van der Waals surface area contributed by atoms with E-state index in [9.17, 15) is 0 Å². The highest BCUT2D eigenvalue weighted by atomic mass is 35.5. The monoisotopic (exact) mass is 274 g/mol. The first-order valence-corrected chi connectivity index (χ1v) is 6.28. The summed E-state index contributed by atoms with van der Waals surface area (Å²) in [5.74, 6) is 0. The van der Waals surface area contributed by atoms with Crippen LogP contribution in [0.1, 0.15) is 18.4 Å². The standard InChI is InChI=1S/C13H19ClN2.ClH/c1-16-8-6-13(7-9-16)15-10-11-2-4-12(14)5-3-11;/h2-5,13,15H,6-10H2,1H3;1H. The second-order valence-electron chi connectivity index (χ2n) is 4.58. The van der Waals surface area contributed by atoms with Gasteiger partial charge in [0.1, 0.15) is 0 Å². The van der Waals surface area contributed by atoms with Crippen molar-refractivity contribution in [2.24, 2.45) is 0 Å². The van der Waals surface area contributed by atoms with Crippen LogP contribution in [0.15, 0.2) is 24.3 Å². The van der Waals surface area contributed by atoms with Gasteiger partial charge in [-0.2, -0.15) is 0 Å². The van der Waals surface area contributed by atoms with E-state index < -0.39 is 0 Å². The van der Waals surface area contributed by atoms with Gasteiger partial charge in [0.25, 0.3) is 0 Å². The highest BCUT2D eigenvalue weighted by molar-refractivity contribution is 6.30. The van der Waals surface area contributed by atoms with Crippen molar-refractivity contribution in [3.05, 3.63) is 34.9 Å². The second kappa shape index (κ2) is 7.22. The molecule has 1 aromatic carbocycles. The van der Waals surface area contributed by atoms with Crippen molar-refractivity contribution in [1.82, 2.24) is 10.2 Å². The maximum atomic E-state index is 5.85. The summed E-state index contributed by atoms with van der Waals surface area (Å²) < 4.78 is 0. The molecule has 1 aromatic rings. The molecule has 4 heteroatoms. The number of hydrogen-bond donors (Lipinski definition) is 1. The molecule has 0 saturated carbocycles. The third-order valence-corrected chi connectivity index (χ3v) is 3.48. The summed E-state index contributed by atoms with van der Waals surface area (Å²) in [7, 11) is 2.19. The minimum absolute atomic E-state index is 0. The fourth-order valence-electron chi connectivity index (χ4n) is 2.08. The van der Waals surface area contributed by atoms with Crippen molar-refractivity contribution in [3.8, 4) is 0 Å². The van der Waals surface area contributed by atoms with Crippen LogP contribution in [0, 0.1) is 0 Å². The van der Waals surface area contributed by atoms with Crippen molar-refractivity contribution < 1.29 is 0 Å². The summed E-state index contributed by atoms with van der Waals surface area (Å²) in [6, 6.07) is 8.75. The number of halogens is 2. The van der Waals surface area contributed by atoms with Crippen LogP contribution in [0.3, 0.4) is 0 Å². The molecule has 1 saturated heterocycles. The molecule has 1 aliphatic rings. The van der Waals surface area contributed by atoms with Crippen molar-refractivity contribution in [2.45, 2.75) is 25.4 Å². The van der Waals surface area contributed by atoms with E-state index in [0.717, 1.165) is 11.6 Å². The molecule has 0 bridgehead atoms. The Morgan fingerprint density at radius 2 is 1.82 bits per heavy atom. The lowest BCUT2D eigenvalue weighted by Crippen LogP contribution is -2.40. The molecule has 2 nitrogen and oxygen atoms in total. The highest BCUT2D eigenvalue weighted by Gasteiger charge is 2.15. The molecule has 0 aliphatic carbocycles. The summed E-state index contributed by atoms with van der Waals surface area (Å²) in [4.78, 5) is 2.39. The topological polar surface area (TPSA) is 15.3 Å². The Hall–Kier alpha value is -0.280. The summed E-state index contributed by atoms with van der Waals surface area (Å²) >= 11 is 5.85. The SMILES string of the molecule is CN1CCC(NCc2ccc(Cl)cc2)CC1.Cl. The first kappa shape index (κ1) is 14.8. The summed E-state index contributed by atoms with van der Waals surface area (Å²) in [5, 5.41) is 4.42.